The van der Waals surface area contributed by atoms with Crippen molar-refractivity contribution in [3.63, 3.8) is 0 Å². The highest BCUT2D eigenvalue weighted by Crippen LogP contribution is 2.29. The maximum atomic E-state index is 5.46. The first kappa shape index (κ1) is 7.90. The highest BCUT2D eigenvalue weighted by molar-refractivity contribution is 5.73. The van der Waals surface area contributed by atoms with Crippen LogP contribution in [0.25, 0.3) is 0 Å². The Bertz CT molecular complexity index is 185. The fourth-order valence-electron chi connectivity index (χ4n) is 2.17. The van der Waals surface area contributed by atoms with Crippen LogP contribution in [0.3, 0.4) is 0 Å². The highest BCUT2D eigenvalue weighted by Gasteiger charge is 2.27. The summed E-state index contributed by atoms with van der Waals surface area (Å²) < 4.78 is 5.15. The van der Waals surface area contributed by atoms with E-state index >= 15 is 0 Å². The zero-order valence-electron chi connectivity index (χ0n) is 7.33. The van der Waals surface area contributed by atoms with E-state index in [0.29, 0.717) is 12.1 Å². The lowest BCUT2D eigenvalue weighted by Gasteiger charge is -2.23. The quantitative estimate of drug-likeness (QED) is 0.641. The normalized spacial score (nSPS) is 31.3. The van der Waals surface area contributed by atoms with Crippen LogP contribution in [-0.2, 0) is 4.74 Å². The second-order valence-electron chi connectivity index (χ2n) is 3.74. The average molecular weight is 168 g/mol. The highest BCUT2D eigenvalue weighted by atomic mass is 16.5. The van der Waals surface area contributed by atoms with Gasteiger partial charge in [-0.3, -0.25) is 0 Å². The van der Waals surface area contributed by atoms with Gasteiger partial charge in [-0.2, -0.15) is 0 Å². The van der Waals surface area contributed by atoms with Gasteiger partial charge in [0.15, 0.2) is 0 Å². The largest absolute Gasteiger partial charge is 0.463 e. The molecule has 1 fully saturated rings. The minimum atomic E-state index is 0.366. The maximum Gasteiger partial charge on any atom is 0.282 e. The first-order chi connectivity index (χ1) is 5.86. The van der Waals surface area contributed by atoms with Crippen molar-refractivity contribution in [3.8, 4) is 0 Å². The van der Waals surface area contributed by atoms with E-state index < -0.39 is 0 Å². The van der Waals surface area contributed by atoms with Crippen LogP contribution < -0.4 is 5.73 Å². The first-order valence-electron chi connectivity index (χ1n) is 4.82. The van der Waals surface area contributed by atoms with E-state index in [4.69, 9.17) is 10.5 Å². The molecule has 0 saturated heterocycles. The number of nitrogens with two attached hydrogens (primary N) is 1. The summed E-state index contributed by atoms with van der Waals surface area (Å²) in [5.41, 5.74) is 5.46. The van der Waals surface area contributed by atoms with Crippen molar-refractivity contribution >= 4 is 6.02 Å². The SMILES string of the molecule is NC1=N[C@H](C2CCCCC2)CO1. The Balaban J connectivity index is 1.91. The molecule has 1 aliphatic carbocycles. The number of hydrogen-bond donors (Lipinski definition) is 1. The predicted octanol–water partition coefficient (Wildman–Crippen LogP) is 1.28. The van der Waals surface area contributed by atoms with Crippen molar-refractivity contribution in [2.24, 2.45) is 16.6 Å². The van der Waals surface area contributed by atoms with Gasteiger partial charge in [0.1, 0.15) is 6.61 Å². The minimum absolute atomic E-state index is 0.366. The first-order valence-corrected chi connectivity index (χ1v) is 4.82. The van der Waals surface area contributed by atoms with E-state index in [9.17, 15) is 0 Å². The van der Waals surface area contributed by atoms with Crippen LogP contribution in [0.2, 0.25) is 0 Å². The van der Waals surface area contributed by atoms with Gasteiger partial charge in [-0.05, 0) is 18.8 Å². The third-order valence-electron chi connectivity index (χ3n) is 2.89. The van der Waals surface area contributed by atoms with Gasteiger partial charge >= 0.3 is 0 Å². The van der Waals surface area contributed by atoms with E-state index in [-0.39, 0.29) is 0 Å². The van der Waals surface area contributed by atoms with Gasteiger partial charge < -0.3 is 10.5 Å². The number of ether oxygens (including phenoxy) is 1. The summed E-state index contributed by atoms with van der Waals surface area (Å²) in [5.74, 6) is 0.736. The van der Waals surface area contributed by atoms with Gasteiger partial charge in [0.05, 0.1) is 6.04 Å². The Kier molecular flexibility index (Phi) is 2.19. The van der Waals surface area contributed by atoms with E-state index in [1.54, 1.807) is 0 Å². The van der Waals surface area contributed by atoms with Gasteiger partial charge in [0.2, 0.25) is 0 Å². The van der Waals surface area contributed by atoms with E-state index in [0.717, 1.165) is 12.5 Å². The number of rotatable bonds is 1. The van der Waals surface area contributed by atoms with Crippen LogP contribution in [0.5, 0.6) is 0 Å². The molecule has 2 N–H and O–H groups in total. The number of nitrogens with zero attached hydrogens (tertiary/aromatic N) is 1. The molecular weight excluding hydrogens is 152 g/mol. The van der Waals surface area contributed by atoms with Crippen molar-refractivity contribution in [1.29, 1.82) is 0 Å². The summed E-state index contributed by atoms with van der Waals surface area (Å²) in [4.78, 5) is 4.28. The Morgan fingerprint density at radius 1 is 1.25 bits per heavy atom. The fraction of sp³-hybridized carbons (Fsp3) is 0.889. The summed E-state index contributed by atoms with van der Waals surface area (Å²) in [7, 11) is 0. The van der Waals surface area contributed by atoms with Crippen molar-refractivity contribution in [2.75, 3.05) is 6.61 Å². The zero-order valence-corrected chi connectivity index (χ0v) is 7.33. The topological polar surface area (TPSA) is 47.6 Å². The molecule has 12 heavy (non-hydrogen) atoms. The monoisotopic (exact) mass is 168 g/mol. The fourth-order valence-corrected chi connectivity index (χ4v) is 2.17. The predicted molar refractivity (Wildman–Crippen MR) is 47.9 cm³/mol. The van der Waals surface area contributed by atoms with Crippen LogP contribution >= 0.6 is 0 Å². The Labute approximate surface area is 73.0 Å². The second-order valence-corrected chi connectivity index (χ2v) is 3.74. The molecule has 0 spiro atoms. The standard InChI is InChI=1S/C9H16N2O/c10-9-11-8(6-12-9)7-4-2-1-3-5-7/h7-8H,1-6H2,(H2,10,11)/t8-/m0/s1. The minimum Gasteiger partial charge on any atom is -0.463 e. The van der Waals surface area contributed by atoms with E-state index in [1.807, 2.05) is 0 Å². The maximum absolute atomic E-state index is 5.46. The van der Waals surface area contributed by atoms with Gasteiger partial charge in [0.25, 0.3) is 6.02 Å². The molecule has 1 aliphatic heterocycles. The van der Waals surface area contributed by atoms with Crippen molar-refractivity contribution in [3.05, 3.63) is 0 Å². The molecule has 0 aromatic heterocycles. The number of amidine groups is 1. The van der Waals surface area contributed by atoms with Crippen LogP contribution in [0.4, 0.5) is 0 Å². The van der Waals surface area contributed by atoms with E-state index in [2.05, 4.69) is 4.99 Å². The molecule has 68 valence electrons. The Morgan fingerprint density at radius 2 is 2.00 bits per heavy atom. The molecule has 1 heterocycles. The van der Waals surface area contributed by atoms with Crippen molar-refractivity contribution < 1.29 is 4.74 Å². The van der Waals surface area contributed by atoms with Crippen LogP contribution in [0, 0.1) is 5.92 Å². The molecule has 3 heteroatoms. The third kappa shape index (κ3) is 1.54. The molecule has 0 bridgehead atoms. The second kappa shape index (κ2) is 3.33. The molecule has 1 atom stereocenters. The Hall–Kier alpha value is -0.730. The van der Waals surface area contributed by atoms with Crippen LogP contribution in [0.1, 0.15) is 32.1 Å². The van der Waals surface area contributed by atoms with Gasteiger partial charge in [-0.25, -0.2) is 4.99 Å². The van der Waals surface area contributed by atoms with Gasteiger partial charge in [-0.1, -0.05) is 19.3 Å². The molecule has 2 aliphatic rings. The lowest BCUT2D eigenvalue weighted by Crippen LogP contribution is -2.22. The summed E-state index contributed by atoms with van der Waals surface area (Å²) >= 11 is 0. The van der Waals surface area contributed by atoms with Gasteiger partial charge in [-0.15, -0.1) is 0 Å². The van der Waals surface area contributed by atoms with Crippen molar-refractivity contribution in [1.82, 2.24) is 0 Å². The smallest absolute Gasteiger partial charge is 0.282 e. The summed E-state index contributed by atoms with van der Waals surface area (Å²) in [5, 5.41) is 0. The summed E-state index contributed by atoms with van der Waals surface area (Å²) in [6, 6.07) is 0.760. The molecule has 0 aromatic rings. The third-order valence-corrected chi connectivity index (χ3v) is 2.89. The molecule has 1 saturated carbocycles. The number of hydrogen-bond acceptors (Lipinski definition) is 3. The average Bonchev–Trinajstić information content (AvgIpc) is 2.54. The van der Waals surface area contributed by atoms with E-state index in [1.165, 1.54) is 32.1 Å². The van der Waals surface area contributed by atoms with Crippen molar-refractivity contribution in [2.45, 2.75) is 38.1 Å². The van der Waals surface area contributed by atoms with Gasteiger partial charge in [0, 0.05) is 0 Å². The molecule has 0 amide bonds. The molecule has 0 aromatic carbocycles. The lowest BCUT2D eigenvalue weighted by molar-refractivity contribution is 0.239. The molecular formula is C9H16N2O. The Morgan fingerprint density at radius 3 is 2.58 bits per heavy atom. The van der Waals surface area contributed by atoms with Crippen LogP contribution in [-0.4, -0.2) is 18.7 Å². The summed E-state index contributed by atoms with van der Waals surface area (Å²) in [6.07, 6.45) is 6.73. The number of aliphatic imine (C=N–C) groups is 1. The molecule has 3 nitrogen and oxygen atoms in total. The summed E-state index contributed by atoms with van der Waals surface area (Å²) in [6.45, 7) is 0.719. The molecule has 0 radical (unpaired) electrons. The van der Waals surface area contributed by atoms with Crippen LogP contribution in [0.15, 0.2) is 4.99 Å². The zero-order chi connectivity index (χ0) is 8.39. The molecule has 0 unspecified atom stereocenters. The lowest BCUT2D eigenvalue weighted by atomic mass is 9.84. The molecule has 2 rings (SSSR count).